The predicted octanol–water partition coefficient (Wildman–Crippen LogP) is 2.82. The summed E-state index contributed by atoms with van der Waals surface area (Å²) in [7, 11) is 0. The summed E-state index contributed by atoms with van der Waals surface area (Å²) in [4.78, 5) is 15.5. The number of rotatable bonds is 4. The Hall–Kier alpha value is -1.01. The van der Waals surface area contributed by atoms with Crippen molar-refractivity contribution in [2.24, 2.45) is 0 Å². The predicted molar refractivity (Wildman–Crippen MR) is 84.5 cm³/mol. The number of carbonyl (C=O) groups excluding carboxylic acids is 1. The molecule has 120 valence electrons. The van der Waals surface area contributed by atoms with Crippen LogP contribution in [0.25, 0.3) is 0 Å². The number of hydrogen-bond acceptors (Lipinski definition) is 4. The summed E-state index contributed by atoms with van der Waals surface area (Å²) in [6.07, 6.45) is -0.233. The molecular formula is C15H18Cl2N2O3. The van der Waals surface area contributed by atoms with E-state index in [1.165, 1.54) is 0 Å². The molecule has 2 aliphatic rings. The van der Waals surface area contributed by atoms with Crippen LogP contribution in [0.5, 0.6) is 0 Å². The molecule has 0 bridgehead atoms. The normalized spacial score (nSPS) is 22.9. The fourth-order valence-electron chi connectivity index (χ4n) is 2.71. The molecule has 0 aromatic heterocycles. The van der Waals surface area contributed by atoms with Gasteiger partial charge in [0.15, 0.2) is 0 Å². The van der Waals surface area contributed by atoms with Gasteiger partial charge in [-0.15, -0.1) is 0 Å². The first-order chi connectivity index (χ1) is 10.6. The third kappa shape index (κ3) is 3.66. The van der Waals surface area contributed by atoms with Gasteiger partial charge in [-0.3, -0.25) is 4.90 Å². The molecule has 22 heavy (non-hydrogen) atoms. The Morgan fingerprint density at radius 2 is 2.00 bits per heavy atom. The lowest BCUT2D eigenvalue weighted by Gasteiger charge is -2.33. The van der Waals surface area contributed by atoms with Crippen molar-refractivity contribution in [3.63, 3.8) is 0 Å². The summed E-state index contributed by atoms with van der Waals surface area (Å²) in [6.45, 7) is 4.98. The van der Waals surface area contributed by atoms with Gasteiger partial charge in [0.2, 0.25) is 0 Å². The first-order valence-electron chi connectivity index (χ1n) is 7.34. The van der Waals surface area contributed by atoms with Gasteiger partial charge in [-0.05, 0) is 17.7 Å². The highest BCUT2D eigenvalue weighted by molar-refractivity contribution is 6.42. The number of nitrogens with zero attached hydrogens (tertiary/aromatic N) is 2. The second-order valence-electron chi connectivity index (χ2n) is 5.44. The quantitative estimate of drug-likeness (QED) is 0.842. The Balaban J connectivity index is 1.56. The van der Waals surface area contributed by atoms with Gasteiger partial charge in [0.25, 0.3) is 0 Å². The molecule has 0 saturated carbocycles. The molecular weight excluding hydrogens is 327 g/mol. The highest BCUT2D eigenvalue weighted by Crippen LogP contribution is 2.29. The zero-order valence-electron chi connectivity index (χ0n) is 12.1. The van der Waals surface area contributed by atoms with E-state index in [2.05, 4.69) is 4.90 Å². The number of amides is 1. The van der Waals surface area contributed by atoms with Crippen molar-refractivity contribution in [2.45, 2.75) is 6.10 Å². The van der Waals surface area contributed by atoms with E-state index in [1.807, 2.05) is 12.1 Å². The van der Waals surface area contributed by atoms with Gasteiger partial charge in [0, 0.05) is 26.2 Å². The summed E-state index contributed by atoms with van der Waals surface area (Å²) in [5.74, 6) is 0. The minimum atomic E-state index is -0.214. The van der Waals surface area contributed by atoms with Crippen LogP contribution in [0.1, 0.15) is 11.7 Å². The van der Waals surface area contributed by atoms with Gasteiger partial charge in [0.1, 0.15) is 6.61 Å². The summed E-state index contributed by atoms with van der Waals surface area (Å²) in [5.41, 5.74) is 1.03. The topological polar surface area (TPSA) is 42.0 Å². The van der Waals surface area contributed by atoms with Crippen LogP contribution in [-0.4, -0.2) is 61.8 Å². The van der Waals surface area contributed by atoms with E-state index in [1.54, 1.807) is 11.0 Å². The van der Waals surface area contributed by atoms with Gasteiger partial charge < -0.3 is 14.4 Å². The molecule has 0 N–H and O–H groups in total. The molecule has 2 heterocycles. The van der Waals surface area contributed by atoms with Gasteiger partial charge in [0.05, 0.1) is 29.3 Å². The second kappa shape index (κ2) is 7.04. The summed E-state index contributed by atoms with van der Waals surface area (Å²) in [5, 5.41) is 1.09. The van der Waals surface area contributed by atoms with Crippen molar-refractivity contribution in [2.75, 3.05) is 45.9 Å². The lowest BCUT2D eigenvalue weighted by atomic mass is 10.1. The van der Waals surface area contributed by atoms with Gasteiger partial charge >= 0.3 is 6.09 Å². The third-order valence-corrected chi connectivity index (χ3v) is 4.74. The first-order valence-corrected chi connectivity index (χ1v) is 8.09. The SMILES string of the molecule is O=C1OCCN1CCN1CCOC(c2ccc(Cl)c(Cl)c2)C1. The third-order valence-electron chi connectivity index (χ3n) is 4.00. The molecule has 1 amide bonds. The number of morpholine rings is 1. The molecule has 1 atom stereocenters. The Labute approximate surface area is 139 Å². The summed E-state index contributed by atoms with van der Waals surface area (Å²) < 4.78 is 10.8. The molecule has 5 nitrogen and oxygen atoms in total. The second-order valence-corrected chi connectivity index (χ2v) is 6.25. The minimum absolute atomic E-state index is 0.0194. The molecule has 2 fully saturated rings. The number of carbonyl (C=O) groups is 1. The molecule has 0 radical (unpaired) electrons. The first kappa shape index (κ1) is 15.9. The van der Waals surface area contributed by atoms with Crippen molar-refractivity contribution in [1.82, 2.24) is 9.80 Å². The van der Waals surface area contributed by atoms with Crippen LogP contribution in [-0.2, 0) is 9.47 Å². The molecule has 0 aliphatic carbocycles. The van der Waals surface area contributed by atoms with Crippen LogP contribution in [0.3, 0.4) is 0 Å². The lowest BCUT2D eigenvalue weighted by molar-refractivity contribution is -0.0310. The number of cyclic esters (lactones) is 1. The van der Waals surface area contributed by atoms with E-state index < -0.39 is 0 Å². The van der Waals surface area contributed by atoms with E-state index in [9.17, 15) is 4.79 Å². The zero-order valence-corrected chi connectivity index (χ0v) is 13.6. The van der Waals surface area contributed by atoms with E-state index in [4.69, 9.17) is 32.7 Å². The fourth-order valence-corrected chi connectivity index (χ4v) is 3.02. The largest absolute Gasteiger partial charge is 0.448 e. The van der Waals surface area contributed by atoms with Crippen LogP contribution in [0.15, 0.2) is 18.2 Å². The highest BCUT2D eigenvalue weighted by Gasteiger charge is 2.25. The number of ether oxygens (including phenoxy) is 2. The highest BCUT2D eigenvalue weighted by atomic mass is 35.5. The Morgan fingerprint density at radius 1 is 1.14 bits per heavy atom. The molecule has 1 unspecified atom stereocenters. The molecule has 0 spiro atoms. The molecule has 1 aromatic rings. The zero-order chi connectivity index (χ0) is 15.5. The standard InChI is InChI=1S/C15H18Cl2N2O3/c16-12-2-1-11(9-13(12)17)14-10-18(5-7-21-14)3-4-19-6-8-22-15(19)20/h1-2,9,14H,3-8,10H2. The van der Waals surface area contributed by atoms with Crippen LogP contribution in [0.2, 0.25) is 10.0 Å². The van der Waals surface area contributed by atoms with E-state index >= 15 is 0 Å². The smallest absolute Gasteiger partial charge is 0.409 e. The summed E-state index contributed by atoms with van der Waals surface area (Å²) >= 11 is 12.0. The number of benzene rings is 1. The van der Waals surface area contributed by atoms with E-state index in [-0.39, 0.29) is 12.2 Å². The van der Waals surface area contributed by atoms with Crippen LogP contribution >= 0.6 is 23.2 Å². The maximum Gasteiger partial charge on any atom is 0.409 e. The van der Waals surface area contributed by atoms with E-state index in [0.717, 1.165) is 25.2 Å². The van der Waals surface area contributed by atoms with Crippen LogP contribution in [0.4, 0.5) is 4.79 Å². The average molecular weight is 345 g/mol. The van der Waals surface area contributed by atoms with Crippen molar-refractivity contribution >= 4 is 29.3 Å². The monoisotopic (exact) mass is 344 g/mol. The van der Waals surface area contributed by atoms with E-state index in [0.29, 0.717) is 36.3 Å². The average Bonchev–Trinajstić information content (AvgIpc) is 2.93. The number of halogens is 2. The fraction of sp³-hybridized carbons (Fsp3) is 0.533. The maximum absolute atomic E-state index is 11.4. The van der Waals surface area contributed by atoms with Crippen molar-refractivity contribution in [3.8, 4) is 0 Å². The number of hydrogen-bond donors (Lipinski definition) is 0. The van der Waals surface area contributed by atoms with Crippen LogP contribution < -0.4 is 0 Å². The molecule has 1 aromatic carbocycles. The van der Waals surface area contributed by atoms with Crippen molar-refractivity contribution in [3.05, 3.63) is 33.8 Å². The summed E-state index contributed by atoms with van der Waals surface area (Å²) in [6, 6.07) is 5.60. The van der Waals surface area contributed by atoms with Gasteiger partial charge in [-0.25, -0.2) is 4.79 Å². The molecule has 7 heteroatoms. The van der Waals surface area contributed by atoms with Crippen molar-refractivity contribution in [1.29, 1.82) is 0 Å². The Morgan fingerprint density at radius 3 is 2.73 bits per heavy atom. The molecule has 2 aliphatic heterocycles. The van der Waals surface area contributed by atoms with Crippen molar-refractivity contribution < 1.29 is 14.3 Å². The van der Waals surface area contributed by atoms with Gasteiger partial charge in [-0.1, -0.05) is 29.3 Å². The molecule has 3 rings (SSSR count). The lowest BCUT2D eigenvalue weighted by Crippen LogP contribution is -2.42. The molecule has 2 saturated heterocycles. The minimum Gasteiger partial charge on any atom is -0.448 e. The van der Waals surface area contributed by atoms with Gasteiger partial charge in [-0.2, -0.15) is 0 Å². The Kier molecular flexibility index (Phi) is 5.08. The van der Waals surface area contributed by atoms with Crippen LogP contribution in [0, 0.1) is 0 Å². The maximum atomic E-state index is 11.4. The Bertz CT molecular complexity index is 556.